The molecule has 0 bridgehead atoms. The van der Waals surface area contributed by atoms with Crippen LogP contribution in [0, 0.1) is 15.9 Å². The fraction of sp³-hybridized carbons (Fsp3) is 0.188. The summed E-state index contributed by atoms with van der Waals surface area (Å²) >= 11 is 0. The Kier molecular flexibility index (Phi) is 5.24. The van der Waals surface area contributed by atoms with Crippen molar-refractivity contribution in [1.29, 1.82) is 0 Å². The molecule has 6 nitrogen and oxygen atoms in total. The molecule has 23 heavy (non-hydrogen) atoms. The Morgan fingerprint density at radius 1 is 1.22 bits per heavy atom. The van der Waals surface area contributed by atoms with Gasteiger partial charge in [0, 0.05) is 12.1 Å². The Balaban J connectivity index is 2.07. The van der Waals surface area contributed by atoms with Crippen molar-refractivity contribution < 1.29 is 23.6 Å². The van der Waals surface area contributed by atoms with Crippen LogP contribution in [-0.4, -0.2) is 17.5 Å². The van der Waals surface area contributed by atoms with Gasteiger partial charge in [-0.15, -0.1) is 0 Å². The Morgan fingerprint density at radius 3 is 2.52 bits per heavy atom. The van der Waals surface area contributed by atoms with Crippen molar-refractivity contribution in [2.24, 2.45) is 0 Å². The number of hydrogen-bond donors (Lipinski definition) is 0. The summed E-state index contributed by atoms with van der Waals surface area (Å²) in [6.07, 6.45) is -0.0972. The van der Waals surface area contributed by atoms with Gasteiger partial charge < -0.3 is 9.47 Å². The summed E-state index contributed by atoms with van der Waals surface area (Å²) in [7, 11) is 0. The molecule has 0 aliphatic carbocycles. The number of nitrogens with zero attached hydrogens (tertiary/aromatic N) is 1. The molecule has 0 unspecified atom stereocenters. The zero-order valence-corrected chi connectivity index (χ0v) is 12.3. The lowest BCUT2D eigenvalue weighted by molar-refractivity contribution is -0.385. The monoisotopic (exact) mass is 319 g/mol. The fourth-order valence-electron chi connectivity index (χ4n) is 1.92. The van der Waals surface area contributed by atoms with E-state index < -0.39 is 28.1 Å². The van der Waals surface area contributed by atoms with Crippen LogP contribution < -0.4 is 9.47 Å². The Labute approximate surface area is 131 Å². The number of carbonyl (C=O) groups excluding carboxylic acids is 1. The van der Waals surface area contributed by atoms with Crippen LogP contribution in [0.3, 0.4) is 0 Å². The molecule has 0 N–H and O–H groups in total. The smallest absolute Gasteiger partial charge is 0.315 e. The van der Waals surface area contributed by atoms with E-state index in [9.17, 15) is 19.3 Å². The van der Waals surface area contributed by atoms with Gasteiger partial charge in [0.25, 0.3) is 0 Å². The molecule has 0 amide bonds. The van der Waals surface area contributed by atoms with Gasteiger partial charge in [-0.05, 0) is 30.7 Å². The number of hydrogen-bond acceptors (Lipinski definition) is 5. The van der Waals surface area contributed by atoms with Gasteiger partial charge in [0.15, 0.2) is 0 Å². The maximum Gasteiger partial charge on any atom is 0.315 e. The predicted molar refractivity (Wildman–Crippen MR) is 80.0 cm³/mol. The highest BCUT2D eigenvalue weighted by Crippen LogP contribution is 2.27. The Morgan fingerprint density at radius 2 is 1.91 bits per heavy atom. The van der Waals surface area contributed by atoms with Crippen LogP contribution in [0.2, 0.25) is 0 Å². The van der Waals surface area contributed by atoms with E-state index in [0.29, 0.717) is 17.9 Å². The first kappa shape index (κ1) is 16.4. The SMILES string of the molecule is CCOc1ccc(CC(=O)Oc2cc(F)ccc2[N+](=O)[O-])cc1. The summed E-state index contributed by atoms with van der Waals surface area (Å²) in [5, 5.41) is 10.8. The van der Waals surface area contributed by atoms with Gasteiger partial charge in [0.05, 0.1) is 18.0 Å². The van der Waals surface area contributed by atoms with Crippen molar-refractivity contribution in [2.75, 3.05) is 6.61 Å². The van der Waals surface area contributed by atoms with Gasteiger partial charge in [0.2, 0.25) is 5.75 Å². The lowest BCUT2D eigenvalue weighted by Gasteiger charge is -2.06. The largest absolute Gasteiger partial charge is 0.494 e. The maximum absolute atomic E-state index is 13.2. The third kappa shape index (κ3) is 4.50. The first-order valence-electron chi connectivity index (χ1n) is 6.86. The number of benzene rings is 2. The molecule has 2 aromatic rings. The van der Waals surface area contributed by atoms with Crippen molar-refractivity contribution >= 4 is 11.7 Å². The van der Waals surface area contributed by atoms with Crippen LogP contribution in [0.25, 0.3) is 0 Å². The molecule has 0 aliphatic rings. The minimum atomic E-state index is -0.737. The van der Waals surface area contributed by atoms with Crippen molar-refractivity contribution in [3.05, 3.63) is 64.0 Å². The number of carbonyl (C=O) groups is 1. The number of nitro groups is 1. The van der Waals surface area contributed by atoms with E-state index in [0.717, 1.165) is 18.2 Å². The molecule has 120 valence electrons. The summed E-state index contributed by atoms with van der Waals surface area (Å²) in [6.45, 7) is 2.39. The number of ether oxygens (including phenoxy) is 2. The number of nitro benzene ring substituents is 1. The third-order valence-electron chi connectivity index (χ3n) is 2.93. The van der Waals surface area contributed by atoms with E-state index in [1.165, 1.54) is 0 Å². The zero-order chi connectivity index (χ0) is 16.8. The molecule has 0 fully saturated rings. The minimum Gasteiger partial charge on any atom is -0.494 e. The molecule has 0 aromatic heterocycles. The number of esters is 1. The third-order valence-corrected chi connectivity index (χ3v) is 2.93. The summed E-state index contributed by atoms with van der Waals surface area (Å²) in [4.78, 5) is 22.0. The molecular weight excluding hydrogens is 305 g/mol. The van der Waals surface area contributed by atoms with Crippen molar-refractivity contribution in [3.63, 3.8) is 0 Å². The van der Waals surface area contributed by atoms with E-state index >= 15 is 0 Å². The summed E-state index contributed by atoms with van der Waals surface area (Å²) in [5.41, 5.74) is 0.184. The topological polar surface area (TPSA) is 78.7 Å². The van der Waals surface area contributed by atoms with Gasteiger partial charge in [-0.1, -0.05) is 12.1 Å². The van der Waals surface area contributed by atoms with Crippen LogP contribution in [0.1, 0.15) is 12.5 Å². The van der Waals surface area contributed by atoms with Crippen LogP contribution in [0.15, 0.2) is 42.5 Å². The highest BCUT2D eigenvalue weighted by Gasteiger charge is 2.19. The first-order chi connectivity index (χ1) is 11.0. The number of rotatable bonds is 6. The molecule has 2 rings (SSSR count). The highest BCUT2D eigenvalue weighted by molar-refractivity contribution is 5.76. The molecule has 2 aromatic carbocycles. The van der Waals surface area contributed by atoms with Crippen LogP contribution in [-0.2, 0) is 11.2 Å². The average molecular weight is 319 g/mol. The quantitative estimate of drug-likeness (QED) is 0.353. The molecule has 0 atom stereocenters. The lowest BCUT2D eigenvalue weighted by atomic mass is 10.1. The first-order valence-corrected chi connectivity index (χ1v) is 6.86. The van der Waals surface area contributed by atoms with Crippen molar-refractivity contribution in [3.8, 4) is 11.5 Å². The zero-order valence-electron chi connectivity index (χ0n) is 12.3. The van der Waals surface area contributed by atoms with E-state index in [4.69, 9.17) is 9.47 Å². The molecular formula is C16H14FNO5. The second-order valence-electron chi connectivity index (χ2n) is 4.60. The highest BCUT2D eigenvalue weighted by atomic mass is 19.1. The molecule has 0 aliphatic heterocycles. The molecule has 0 saturated heterocycles. The van der Waals surface area contributed by atoms with Crippen LogP contribution in [0.5, 0.6) is 11.5 Å². The van der Waals surface area contributed by atoms with Gasteiger partial charge in [-0.2, -0.15) is 0 Å². The average Bonchev–Trinajstić information content (AvgIpc) is 2.49. The minimum absolute atomic E-state index is 0.0972. The summed E-state index contributed by atoms with van der Waals surface area (Å²) < 4.78 is 23.4. The number of halogens is 1. The Bertz CT molecular complexity index is 715. The lowest BCUT2D eigenvalue weighted by Crippen LogP contribution is -2.12. The van der Waals surface area contributed by atoms with E-state index in [1.807, 2.05) is 6.92 Å². The van der Waals surface area contributed by atoms with E-state index in [2.05, 4.69) is 0 Å². The van der Waals surface area contributed by atoms with E-state index in [1.54, 1.807) is 24.3 Å². The van der Waals surface area contributed by atoms with Gasteiger partial charge in [0.1, 0.15) is 11.6 Å². The van der Waals surface area contributed by atoms with E-state index in [-0.39, 0.29) is 6.42 Å². The van der Waals surface area contributed by atoms with Crippen molar-refractivity contribution in [1.82, 2.24) is 0 Å². The van der Waals surface area contributed by atoms with Gasteiger partial charge in [-0.25, -0.2) is 4.39 Å². The van der Waals surface area contributed by atoms with Gasteiger partial charge in [-0.3, -0.25) is 14.9 Å². The summed E-state index contributed by atoms with van der Waals surface area (Å²) in [5.74, 6) is -1.18. The maximum atomic E-state index is 13.2. The molecule has 0 radical (unpaired) electrons. The van der Waals surface area contributed by atoms with Gasteiger partial charge >= 0.3 is 11.7 Å². The fourth-order valence-corrected chi connectivity index (χ4v) is 1.92. The molecule has 0 saturated carbocycles. The van der Waals surface area contributed by atoms with Crippen LogP contribution >= 0.6 is 0 Å². The normalized spacial score (nSPS) is 10.2. The molecule has 0 heterocycles. The Hall–Kier alpha value is -2.96. The van der Waals surface area contributed by atoms with Crippen molar-refractivity contribution in [2.45, 2.75) is 13.3 Å². The second kappa shape index (κ2) is 7.35. The standard InChI is InChI=1S/C16H14FNO5/c1-2-22-13-6-3-11(4-7-13)9-16(19)23-15-10-12(17)5-8-14(15)18(20)21/h3-8,10H,2,9H2,1H3. The second-order valence-corrected chi connectivity index (χ2v) is 4.60. The van der Waals surface area contributed by atoms with Crippen LogP contribution in [0.4, 0.5) is 10.1 Å². The molecule has 0 spiro atoms. The predicted octanol–water partition coefficient (Wildman–Crippen LogP) is 3.28. The molecule has 7 heteroatoms. The summed E-state index contributed by atoms with van der Waals surface area (Å²) in [6, 6.07) is 9.48.